The van der Waals surface area contributed by atoms with Crippen LogP contribution in [0.15, 0.2) is 71.6 Å². The van der Waals surface area contributed by atoms with Gasteiger partial charge in [-0.1, -0.05) is 36.4 Å². The molecule has 1 saturated heterocycles. The second-order valence-electron chi connectivity index (χ2n) is 8.04. The molecule has 1 aliphatic rings. The number of hydrogen-bond donors (Lipinski definition) is 1. The van der Waals surface area contributed by atoms with Crippen LogP contribution in [0.25, 0.3) is 6.08 Å². The largest absolute Gasteiger partial charge is 0.495 e. The van der Waals surface area contributed by atoms with Crippen molar-refractivity contribution in [1.29, 1.82) is 0 Å². The predicted molar refractivity (Wildman–Crippen MR) is 143 cm³/mol. The average molecular weight is 537 g/mol. The molecule has 8 nitrogen and oxygen atoms in total. The van der Waals surface area contributed by atoms with E-state index in [1.165, 1.54) is 13.2 Å². The molecule has 3 aromatic carbocycles. The second-order valence-corrected chi connectivity index (χ2v) is 9.03. The average Bonchev–Trinajstić information content (AvgIpc) is 3.16. The van der Waals surface area contributed by atoms with Gasteiger partial charge >= 0.3 is 0 Å². The molecule has 0 atom stereocenters. The van der Waals surface area contributed by atoms with E-state index in [0.717, 1.165) is 16.7 Å². The van der Waals surface area contributed by atoms with Crippen molar-refractivity contribution in [2.24, 2.45) is 0 Å². The zero-order valence-corrected chi connectivity index (χ0v) is 21.5. The molecule has 0 bridgehead atoms. The minimum Gasteiger partial charge on any atom is -0.495 e. The molecule has 0 unspecified atom stereocenters. The summed E-state index contributed by atoms with van der Waals surface area (Å²) in [5.41, 5.74) is 1.43. The highest BCUT2D eigenvalue weighted by atomic mass is 32.2. The van der Waals surface area contributed by atoms with E-state index < -0.39 is 23.6 Å². The van der Waals surface area contributed by atoms with E-state index in [0.29, 0.717) is 40.7 Å². The van der Waals surface area contributed by atoms with Crippen LogP contribution in [-0.2, 0) is 16.2 Å². The number of carbonyl (C=O) groups is 3. The van der Waals surface area contributed by atoms with Gasteiger partial charge in [-0.3, -0.25) is 19.3 Å². The van der Waals surface area contributed by atoms with Crippen LogP contribution >= 0.6 is 11.8 Å². The van der Waals surface area contributed by atoms with Crippen molar-refractivity contribution in [3.8, 4) is 17.2 Å². The zero-order chi connectivity index (χ0) is 27.1. The van der Waals surface area contributed by atoms with Crippen LogP contribution < -0.4 is 19.5 Å². The molecule has 1 fully saturated rings. The summed E-state index contributed by atoms with van der Waals surface area (Å²) in [7, 11) is 1.48. The molecular weight excluding hydrogens is 511 g/mol. The first-order valence-corrected chi connectivity index (χ1v) is 12.5. The first-order valence-electron chi connectivity index (χ1n) is 11.7. The van der Waals surface area contributed by atoms with Gasteiger partial charge in [0.1, 0.15) is 24.7 Å². The maximum atomic E-state index is 13.9. The number of nitrogens with one attached hydrogen (secondary N) is 1. The summed E-state index contributed by atoms with van der Waals surface area (Å²) in [6, 6.07) is 18.2. The number of nitrogens with zero attached hydrogens (tertiary/aromatic N) is 1. The Morgan fingerprint density at radius 3 is 2.53 bits per heavy atom. The van der Waals surface area contributed by atoms with E-state index in [1.807, 2.05) is 6.92 Å². The molecular formula is C28H25FN2O6S. The third kappa shape index (κ3) is 6.33. The van der Waals surface area contributed by atoms with Crippen molar-refractivity contribution in [3.05, 3.63) is 88.6 Å². The Hall–Kier alpha value is -4.31. The maximum Gasteiger partial charge on any atom is 0.294 e. The van der Waals surface area contributed by atoms with E-state index >= 15 is 0 Å². The standard InChI is InChI=1S/C28H25FN2O6S/c1-3-36-24-14-18(12-13-23(24)37-17-19-8-4-5-9-20(19)29)15-25-27(33)31(28(34)38-25)16-26(32)30-21-10-6-7-11-22(21)35-2/h4-15H,3,16-17H2,1-2H3,(H,30,32)/b25-15+. The van der Waals surface area contributed by atoms with Gasteiger partial charge in [0.25, 0.3) is 11.1 Å². The zero-order valence-electron chi connectivity index (χ0n) is 20.7. The highest BCUT2D eigenvalue weighted by molar-refractivity contribution is 8.18. The van der Waals surface area contributed by atoms with Crippen LogP contribution in [0.5, 0.6) is 17.2 Å². The number of para-hydroxylation sites is 2. The van der Waals surface area contributed by atoms with Gasteiger partial charge < -0.3 is 19.5 Å². The van der Waals surface area contributed by atoms with Crippen molar-refractivity contribution in [3.63, 3.8) is 0 Å². The quantitative estimate of drug-likeness (QED) is 0.343. The number of anilines is 1. The summed E-state index contributed by atoms with van der Waals surface area (Å²) >= 11 is 0.745. The SMILES string of the molecule is CCOc1cc(/C=C2/SC(=O)N(CC(=O)Nc3ccccc3OC)C2=O)ccc1OCc1ccccc1F. The molecule has 4 rings (SSSR count). The number of imide groups is 1. The number of thioether (sulfide) groups is 1. The minimum absolute atomic E-state index is 0.0158. The molecule has 0 aliphatic carbocycles. The molecule has 3 amide bonds. The van der Waals surface area contributed by atoms with E-state index in [9.17, 15) is 18.8 Å². The van der Waals surface area contributed by atoms with Crippen LogP contribution in [-0.4, -0.2) is 42.2 Å². The summed E-state index contributed by atoms with van der Waals surface area (Å²) in [5.74, 6) is -0.196. The Kier molecular flexibility index (Phi) is 8.65. The minimum atomic E-state index is -0.576. The smallest absolute Gasteiger partial charge is 0.294 e. The van der Waals surface area contributed by atoms with Gasteiger partial charge in [-0.15, -0.1) is 0 Å². The van der Waals surface area contributed by atoms with Gasteiger partial charge in [-0.05, 0) is 60.7 Å². The number of methoxy groups -OCH3 is 1. The van der Waals surface area contributed by atoms with Gasteiger partial charge in [-0.25, -0.2) is 4.39 Å². The topological polar surface area (TPSA) is 94.2 Å². The summed E-state index contributed by atoms with van der Waals surface area (Å²) in [5, 5.41) is 2.11. The van der Waals surface area contributed by atoms with Crippen LogP contribution in [0.2, 0.25) is 0 Å². The fourth-order valence-electron chi connectivity index (χ4n) is 3.64. The Morgan fingerprint density at radius 1 is 1.00 bits per heavy atom. The molecule has 1 N–H and O–H groups in total. The third-order valence-electron chi connectivity index (χ3n) is 5.46. The number of benzene rings is 3. The van der Waals surface area contributed by atoms with E-state index in [4.69, 9.17) is 14.2 Å². The lowest BCUT2D eigenvalue weighted by Gasteiger charge is -2.14. The lowest BCUT2D eigenvalue weighted by molar-refractivity contribution is -0.127. The van der Waals surface area contributed by atoms with Crippen molar-refractivity contribution in [1.82, 2.24) is 4.90 Å². The molecule has 3 aromatic rings. The molecule has 196 valence electrons. The van der Waals surface area contributed by atoms with Crippen LogP contribution in [0.4, 0.5) is 14.9 Å². The van der Waals surface area contributed by atoms with Crippen LogP contribution in [0, 0.1) is 5.82 Å². The number of amides is 3. The highest BCUT2D eigenvalue weighted by Crippen LogP contribution is 2.35. The summed E-state index contributed by atoms with van der Waals surface area (Å²) in [6.45, 7) is 1.75. The lowest BCUT2D eigenvalue weighted by atomic mass is 10.1. The highest BCUT2D eigenvalue weighted by Gasteiger charge is 2.36. The molecule has 1 heterocycles. The van der Waals surface area contributed by atoms with Gasteiger partial charge in [0.2, 0.25) is 5.91 Å². The third-order valence-corrected chi connectivity index (χ3v) is 6.37. The fourth-order valence-corrected chi connectivity index (χ4v) is 4.48. The van der Waals surface area contributed by atoms with Crippen molar-refractivity contribution >= 4 is 40.6 Å². The second kappa shape index (κ2) is 12.3. The molecule has 0 radical (unpaired) electrons. The number of rotatable bonds is 10. The normalized spacial score (nSPS) is 14.1. The van der Waals surface area contributed by atoms with Gasteiger partial charge in [0.15, 0.2) is 11.5 Å². The predicted octanol–water partition coefficient (Wildman–Crippen LogP) is 5.49. The van der Waals surface area contributed by atoms with Crippen molar-refractivity contribution in [2.75, 3.05) is 25.6 Å². The van der Waals surface area contributed by atoms with E-state index in [-0.39, 0.29) is 17.3 Å². The van der Waals surface area contributed by atoms with Gasteiger partial charge in [0.05, 0.1) is 24.3 Å². The van der Waals surface area contributed by atoms with Gasteiger partial charge in [-0.2, -0.15) is 0 Å². The van der Waals surface area contributed by atoms with Crippen molar-refractivity contribution in [2.45, 2.75) is 13.5 Å². The Bertz CT molecular complexity index is 1390. The summed E-state index contributed by atoms with van der Waals surface area (Å²) in [6.07, 6.45) is 1.55. The van der Waals surface area contributed by atoms with Crippen LogP contribution in [0.3, 0.4) is 0 Å². The molecule has 0 saturated carbocycles. The number of hydrogen-bond acceptors (Lipinski definition) is 7. The van der Waals surface area contributed by atoms with Gasteiger partial charge in [0, 0.05) is 5.56 Å². The first kappa shape index (κ1) is 26.7. The van der Waals surface area contributed by atoms with E-state index in [2.05, 4.69) is 5.32 Å². The Morgan fingerprint density at radius 2 is 1.76 bits per heavy atom. The molecule has 0 spiro atoms. The number of carbonyl (C=O) groups excluding carboxylic acids is 3. The number of halogens is 1. The maximum absolute atomic E-state index is 13.9. The summed E-state index contributed by atoms with van der Waals surface area (Å²) in [4.78, 5) is 39.0. The Balaban J connectivity index is 1.46. The lowest BCUT2D eigenvalue weighted by Crippen LogP contribution is -2.36. The van der Waals surface area contributed by atoms with Crippen molar-refractivity contribution < 1.29 is 33.0 Å². The number of ether oxygens (including phenoxy) is 3. The first-order chi connectivity index (χ1) is 18.4. The Labute approximate surface area is 223 Å². The molecule has 0 aromatic heterocycles. The molecule has 10 heteroatoms. The molecule has 1 aliphatic heterocycles. The fraction of sp³-hybridized carbons (Fsp3) is 0.179. The van der Waals surface area contributed by atoms with Crippen LogP contribution in [0.1, 0.15) is 18.1 Å². The van der Waals surface area contributed by atoms with E-state index in [1.54, 1.807) is 66.7 Å². The monoisotopic (exact) mass is 536 g/mol. The molecule has 38 heavy (non-hydrogen) atoms. The summed E-state index contributed by atoms with van der Waals surface area (Å²) < 4.78 is 30.6.